The molecule has 0 aliphatic rings. The zero-order valence-corrected chi connectivity index (χ0v) is 9.22. The molecule has 6 heteroatoms. The maximum absolute atomic E-state index is 12.6. The first-order valence-electron chi connectivity index (χ1n) is 4.10. The number of hydrogen-bond donors (Lipinski definition) is 0. The zero-order valence-electron chi connectivity index (χ0n) is 7.64. The summed E-state index contributed by atoms with van der Waals surface area (Å²) in [5, 5.41) is 0. The van der Waals surface area contributed by atoms with Crippen molar-refractivity contribution in [1.82, 2.24) is 9.38 Å². The number of aromatic nitrogens is 2. The van der Waals surface area contributed by atoms with Gasteiger partial charge in [-0.1, -0.05) is 0 Å². The first kappa shape index (κ1) is 10.5. The van der Waals surface area contributed by atoms with Crippen LogP contribution < -0.4 is 0 Å². The Morgan fingerprint density at radius 2 is 2.07 bits per heavy atom. The molecule has 0 atom stereocenters. The van der Waals surface area contributed by atoms with Crippen molar-refractivity contribution in [2.24, 2.45) is 0 Å². The van der Waals surface area contributed by atoms with Gasteiger partial charge in [-0.3, -0.25) is 0 Å². The minimum Gasteiger partial charge on any atom is -0.306 e. The van der Waals surface area contributed by atoms with Gasteiger partial charge in [0.15, 0.2) is 5.65 Å². The molecule has 0 radical (unpaired) electrons. The van der Waals surface area contributed by atoms with Crippen LogP contribution in [-0.2, 0) is 6.18 Å². The molecule has 0 spiro atoms. The molecule has 2 aromatic heterocycles. The van der Waals surface area contributed by atoms with Gasteiger partial charge in [0.25, 0.3) is 0 Å². The molecule has 0 aliphatic heterocycles. The molecular weight excluding hydrogens is 273 g/mol. The van der Waals surface area contributed by atoms with Crippen LogP contribution in [0.1, 0.15) is 11.1 Å². The van der Waals surface area contributed by atoms with Crippen molar-refractivity contribution >= 4 is 21.6 Å². The molecule has 0 amide bonds. The highest BCUT2D eigenvalue weighted by Crippen LogP contribution is 2.35. The highest BCUT2D eigenvalue weighted by molar-refractivity contribution is 9.10. The van der Waals surface area contributed by atoms with Crippen molar-refractivity contribution < 1.29 is 13.2 Å². The fourth-order valence-corrected chi connectivity index (χ4v) is 1.92. The van der Waals surface area contributed by atoms with E-state index in [1.165, 1.54) is 23.7 Å². The molecule has 0 fully saturated rings. The van der Waals surface area contributed by atoms with E-state index in [0.717, 1.165) is 6.20 Å². The summed E-state index contributed by atoms with van der Waals surface area (Å²) in [5.41, 5.74) is -0.0124. The second-order valence-electron chi connectivity index (χ2n) is 3.14. The third-order valence-electron chi connectivity index (χ3n) is 2.17. The molecule has 0 saturated carbocycles. The van der Waals surface area contributed by atoms with E-state index in [1.807, 2.05) is 0 Å². The average molecular weight is 279 g/mol. The van der Waals surface area contributed by atoms with Crippen molar-refractivity contribution in [3.63, 3.8) is 0 Å². The molecule has 2 rings (SSSR count). The van der Waals surface area contributed by atoms with E-state index in [1.54, 1.807) is 0 Å². The van der Waals surface area contributed by atoms with Crippen molar-refractivity contribution in [2.75, 3.05) is 0 Å². The van der Waals surface area contributed by atoms with Gasteiger partial charge >= 0.3 is 6.18 Å². The number of alkyl halides is 3. The number of halogens is 4. The quantitative estimate of drug-likeness (QED) is 0.722. The summed E-state index contributed by atoms with van der Waals surface area (Å²) in [6, 6.07) is 0. The number of imidazole rings is 1. The topological polar surface area (TPSA) is 17.3 Å². The Kier molecular flexibility index (Phi) is 2.26. The Hall–Kier alpha value is -1.04. The predicted molar refractivity (Wildman–Crippen MR) is 52.6 cm³/mol. The first-order valence-corrected chi connectivity index (χ1v) is 4.89. The number of rotatable bonds is 0. The molecule has 0 N–H and O–H groups in total. The van der Waals surface area contributed by atoms with E-state index >= 15 is 0 Å². The Morgan fingerprint density at radius 1 is 1.40 bits per heavy atom. The smallest absolute Gasteiger partial charge is 0.306 e. The van der Waals surface area contributed by atoms with E-state index in [4.69, 9.17) is 0 Å². The molecule has 0 saturated heterocycles. The normalized spacial score (nSPS) is 12.3. The summed E-state index contributed by atoms with van der Waals surface area (Å²) in [4.78, 5) is 3.95. The largest absolute Gasteiger partial charge is 0.418 e. The molecule has 80 valence electrons. The summed E-state index contributed by atoms with van der Waals surface area (Å²) in [7, 11) is 0. The highest BCUT2D eigenvalue weighted by Gasteiger charge is 2.34. The zero-order chi connectivity index (χ0) is 11.2. The number of nitrogens with zero attached hydrogens (tertiary/aromatic N) is 2. The van der Waals surface area contributed by atoms with Gasteiger partial charge in [-0.25, -0.2) is 4.98 Å². The van der Waals surface area contributed by atoms with Crippen LogP contribution in [0, 0.1) is 6.92 Å². The standard InChI is InChI=1S/C9H6BrF3N2/c1-5-6(9(11,12)13)4-15-3-2-14-8(15)7(5)10/h2-4H,1H3. The Balaban J connectivity index is 2.82. The summed E-state index contributed by atoms with van der Waals surface area (Å²) < 4.78 is 39.5. The van der Waals surface area contributed by atoms with Gasteiger partial charge in [-0.05, 0) is 28.4 Å². The molecule has 2 aromatic rings. The minimum absolute atomic E-state index is 0.154. The van der Waals surface area contributed by atoms with Gasteiger partial charge in [-0.15, -0.1) is 0 Å². The van der Waals surface area contributed by atoms with Gasteiger partial charge in [-0.2, -0.15) is 13.2 Å². The molecular formula is C9H6BrF3N2. The SMILES string of the molecule is Cc1c(C(F)(F)F)cn2ccnc2c1Br. The Morgan fingerprint density at radius 3 is 2.67 bits per heavy atom. The molecule has 2 nitrogen and oxygen atoms in total. The van der Waals surface area contributed by atoms with E-state index in [9.17, 15) is 13.2 Å². The lowest BCUT2D eigenvalue weighted by Gasteiger charge is -2.12. The summed E-state index contributed by atoms with van der Waals surface area (Å²) in [5.74, 6) is 0. The fraction of sp³-hybridized carbons (Fsp3) is 0.222. The molecule has 0 aliphatic carbocycles. The van der Waals surface area contributed by atoms with Crippen LogP contribution in [0.15, 0.2) is 23.1 Å². The van der Waals surface area contributed by atoms with Crippen LogP contribution in [0.3, 0.4) is 0 Å². The monoisotopic (exact) mass is 278 g/mol. The molecule has 15 heavy (non-hydrogen) atoms. The highest BCUT2D eigenvalue weighted by atomic mass is 79.9. The number of fused-ring (bicyclic) bond motifs is 1. The lowest BCUT2D eigenvalue weighted by molar-refractivity contribution is -0.138. The Labute approximate surface area is 91.9 Å². The molecule has 0 unspecified atom stereocenters. The van der Waals surface area contributed by atoms with E-state index in [-0.39, 0.29) is 5.56 Å². The van der Waals surface area contributed by atoms with Gasteiger partial charge in [0, 0.05) is 18.6 Å². The molecule has 2 heterocycles. The van der Waals surface area contributed by atoms with E-state index in [0.29, 0.717) is 10.1 Å². The van der Waals surface area contributed by atoms with Crippen molar-refractivity contribution in [3.05, 3.63) is 34.2 Å². The maximum atomic E-state index is 12.6. The number of hydrogen-bond acceptors (Lipinski definition) is 1. The molecule has 0 aromatic carbocycles. The van der Waals surface area contributed by atoms with Crippen LogP contribution >= 0.6 is 15.9 Å². The maximum Gasteiger partial charge on any atom is 0.418 e. The average Bonchev–Trinajstić information content (AvgIpc) is 2.57. The van der Waals surface area contributed by atoms with Gasteiger partial charge in [0.1, 0.15) is 0 Å². The third kappa shape index (κ3) is 1.62. The van der Waals surface area contributed by atoms with Gasteiger partial charge < -0.3 is 4.40 Å². The van der Waals surface area contributed by atoms with Gasteiger partial charge in [0.2, 0.25) is 0 Å². The van der Waals surface area contributed by atoms with E-state index in [2.05, 4.69) is 20.9 Å². The van der Waals surface area contributed by atoms with Crippen LogP contribution in [0.2, 0.25) is 0 Å². The fourth-order valence-electron chi connectivity index (χ4n) is 1.39. The second-order valence-corrected chi connectivity index (χ2v) is 3.93. The predicted octanol–water partition coefficient (Wildman–Crippen LogP) is 3.42. The van der Waals surface area contributed by atoms with Crippen molar-refractivity contribution in [2.45, 2.75) is 13.1 Å². The lowest BCUT2D eigenvalue weighted by Crippen LogP contribution is -2.09. The second kappa shape index (κ2) is 3.23. The van der Waals surface area contributed by atoms with Gasteiger partial charge in [0.05, 0.1) is 10.0 Å². The first-order chi connectivity index (χ1) is 6.91. The number of pyridine rings is 1. The van der Waals surface area contributed by atoms with Crippen LogP contribution in [-0.4, -0.2) is 9.38 Å². The van der Waals surface area contributed by atoms with E-state index < -0.39 is 11.7 Å². The van der Waals surface area contributed by atoms with Crippen LogP contribution in [0.25, 0.3) is 5.65 Å². The van der Waals surface area contributed by atoms with Crippen molar-refractivity contribution in [1.29, 1.82) is 0 Å². The summed E-state index contributed by atoms with van der Waals surface area (Å²) in [6.07, 6.45) is -0.359. The van der Waals surface area contributed by atoms with Crippen LogP contribution in [0.4, 0.5) is 13.2 Å². The lowest BCUT2D eigenvalue weighted by atomic mass is 10.1. The minimum atomic E-state index is -4.34. The van der Waals surface area contributed by atoms with Crippen LogP contribution in [0.5, 0.6) is 0 Å². The summed E-state index contributed by atoms with van der Waals surface area (Å²) in [6.45, 7) is 1.42. The summed E-state index contributed by atoms with van der Waals surface area (Å²) >= 11 is 3.12. The Bertz CT molecular complexity index is 516. The molecule has 0 bridgehead atoms. The third-order valence-corrected chi connectivity index (χ3v) is 3.12. The van der Waals surface area contributed by atoms with Crippen molar-refractivity contribution in [3.8, 4) is 0 Å².